The molecule has 2 fully saturated rings. The minimum atomic E-state index is -0.274. The van der Waals surface area contributed by atoms with E-state index in [2.05, 4.69) is 34.1 Å². The smallest absolute Gasteiger partial charge is 0.325 e. The largest absolute Gasteiger partial charge is 0.465 e. The molecule has 0 aliphatic carbocycles. The second kappa shape index (κ2) is 9.32. The van der Waals surface area contributed by atoms with E-state index in [9.17, 15) is 4.79 Å². The Morgan fingerprint density at radius 2 is 1.72 bits per heavy atom. The summed E-state index contributed by atoms with van der Waals surface area (Å²) in [6, 6.07) is 10.2. The lowest BCUT2D eigenvalue weighted by Crippen LogP contribution is -2.55. The van der Waals surface area contributed by atoms with Gasteiger partial charge in [-0.2, -0.15) is 0 Å². The van der Waals surface area contributed by atoms with Crippen LogP contribution in [-0.2, 0) is 14.3 Å². The van der Waals surface area contributed by atoms with Crippen molar-refractivity contribution in [3.8, 4) is 0 Å². The average molecular weight is 346 g/mol. The number of ether oxygens (including phenoxy) is 2. The molecule has 2 atom stereocenters. The Bertz CT molecular complexity index is 525. The highest BCUT2D eigenvalue weighted by atomic mass is 16.5. The van der Waals surface area contributed by atoms with Crippen LogP contribution in [0.3, 0.4) is 0 Å². The molecule has 0 saturated carbocycles. The molecule has 2 heterocycles. The van der Waals surface area contributed by atoms with Gasteiger partial charge in [0.15, 0.2) is 0 Å². The van der Waals surface area contributed by atoms with Gasteiger partial charge in [0.05, 0.1) is 25.9 Å². The number of rotatable bonds is 6. The van der Waals surface area contributed by atoms with Crippen LogP contribution < -0.4 is 0 Å². The zero-order valence-electron chi connectivity index (χ0n) is 15.2. The van der Waals surface area contributed by atoms with Crippen LogP contribution in [0.25, 0.3) is 0 Å². The molecule has 0 spiro atoms. The standard InChI is InChI=1S/C20H30N2O3/c1-2-25-20(23)19(22-13-15-24-16-14-22)18(17-9-5-3-6-10-17)21-11-7-4-8-12-21/h3,5-6,9-10,18-19H,2,4,7-8,11-16H2,1H3/t18-,19+/m0/s1. The zero-order chi connectivity index (χ0) is 17.5. The van der Waals surface area contributed by atoms with Gasteiger partial charge in [0.2, 0.25) is 0 Å². The highest BCUT2D eigenvalue weighted by molar-refractivity contribution is 5.77. The molecule has 0 unspecified atom stereocenters. The van der Waals surface area contributed by atoms with E-state index in [4.69, 9.17) is 9.47 Å². The van der Waals surface area contributed by atoms with E-state index in [1.54, 1.807) is 0 Å². The third-order valence-corrected chi connectivity index (χ3v) is 5.19. The number of likely N-dealkylation sites (tertiary alicyclic amines) is 1. The topological polar surface area (TPSA) is 42.0 Å². The molecule has 0 radical (unpaired) electrons. The quantitative estimate of drug-likeness (QED) is 0.740. The van der Waals surface area contributed by atoms with E-state index >= 15 is 0 Å². The Morgan fingerprint density at radius 3 is 2.36 bits per heavy atom. The second-order valence-electron chi connectivity index (χ2n) is 6.80. The van der Waals surface area contributed by atoms with E-state index < -0.39 is 0 Å². The fourth-order valence-corrected chi connectivity index (χ4v) is 4.00. The third kappa shape index (κ3) is 4.60. The first kappa shape index (κ1) is 18.4. The molecule has 0 amide bonds. The summed E-state index contributed by atoms with van der Waals surface area (Å²) in [5.41, 5.74) is 1.20. The lowest BCUT2D eigenvalue weighted by Gasteiger charge is -2.43. The third-order valence-electron chi connectivity index (χ3n) is 5.19. The number of carbonyl (C=O) groups is 1. The minimum Gasteiger partial charge on any atom is -0.465 e. The molecular formula is C20H30N2O3. The van der Waals surface area contributed by atoms with Crippen LogP contribution in [0.5, 0.6) is 0 Å². The van der Waals surface area contributed by atoms with Gasteiger partial charge in [0, 0.05) is 13.1 Å². The highest BCUT2D eigenvalue weighted by Crippen LogP contribution is 2.31. The van der Waals surface area contributed by atoms with Gasteiger partial charge in [-0.3, -0.25) is 14.6 Å². The molecule has 5 nitrogen and oxygen atoms in total. The van der Waals surface area contributed by atoms with Crippen LogP contribution in [0.15, 0.2) is 30.3 Å². The van der Waals surface area contributed by atoms with E-state index in [-0.39, 0.29) is 18.1 Å². The molecule has 3 rings (SSSR count). The molecule has 1 aromatic carbocycles. The van der Waals surface area contributed by atoms with Crippen molar-refractivity contribution in [2.24, 2.45) is 0 Å². The molecule has 2 saturated heterocycles. The fraction of sp³-hybridized carbons (Fsp3) is 0.650. The molecule has 138 valence electrons. The number of hydrogen-bond acceptors (Lipinski definition) is 5. The van der Waals surface area contributed by atoms with Gasteiger partial charge in [0.1, 0.15) is 6.04 Å². The number of esters is 1. The van der Waals surface area contributed by atoms with Crippen LogP contribution in [0.1, 0.15) is 37.8 Å². The summed E-state index contributed by atoms with van der Waals surface area (Å²) in [6.45, 7) is 7.30. The summed E-state index contributed by atoms with van der Waals surface area (Å²) in [5.74, 6) is -0.108. The molecule has 0 aromatic heterocycles. The Labute approximate surface area is 150 Å². The van der Waals surface area contributed by atoms with Gasteiger partial charge in [-0.15, -0.1) is 0 Å². The highest BCUT2D eigenvalue weighted by Gasteiger charge is 2.40. The van der Waals surface area contributed by atoms with Gasteiger partial charge in [-0.25, -0.2) is 0 Å². The summed E-state index contributed by atoms with van der Waals surface area (Å²) in [5, 5.41) is 0. The monoisotopic (exact) mass is 346 g/mol. The molecule has 25 heavy (non-hydrogen) atoms. The average Bonchev–Trinajstić information content (AvgIpc) is 2.68. The van der Waals surface area contributed by atoms with Crippen molar-refractivity contribution >= 4 is 5.97 Å². The molecule has 1 aromatic rings. The van der Waals surface area contributed by atoms with Gasteiger partial charge in [-0.05, 0) is 38.4 Å². The van der Waals surface area contributed by atoms with Crippen LogP contribution >= 0.6 is 0 Å². The lowest BCUT2D eigenvalue weighted by molar-refractivity contribution is -0.155. The molecular weight excluding hydrogens is 316 g/mol. The van der Waals surface area contributed by atoms with Gasteiger partial charge in [0.25, 0.3) is 0 Å². The fourth-order valence-electron chi connectivity index (χ4n) is 4.00. The van der Waals surface area contributed by atoms with Crippen LogP contribution in [-0.4, -0.2) is 67.8 Å². The number of carbonyl (C=O) groups excluding carboxylic acids is 1. The van der Waals surface area contributed by atoms with Crippen molar-refractivity contribution in [3.05, 3.63) is 35.9 Å². The SMILES string of the molecule is CCOC(=O)[C@@H]([C@H](c1ccccc1)N1CCCCC1)N1CCOCC1. The number of morpholine rings is 1. The summed E-state index contributed by atoms with van der Waals surface area (Å²) < 4.78 is 11.0. The van der Waals surface area contributed by atoms with E-state index in [1.807, 2.05) is 13.0 Å². The Balaban J connectivity index is 1.93. The van der Waals surface area contributed by atoms with E-state index in [1.165, 1.54) is 24.8 Å². The van der Waals surface area contributed by atoms with Crippen LogP contribution in [0, 0.1) is 0 Å². The Hall–Kier alpha value is -1.43. The molecule has 5 heteroatoms. The molecule has 0 N–H and O–H groups in total. The van der Waals surface area contributed by atoms with Gasteiger partial charge >= 0.3 is 5.97 Å². The van der Waals surface area contributed by atoms with E-state index in [0.29, 0.717) is 19.8 Å². The van der Waals surface area contributed by atoms with Crippen LogP contribution in [0.4, 0.5) is 0 Å². The first-order valence-corrected chi connectivity index (χ1v) is 9.58. The maximum absolute atomic E-state index is 13.0. The van der Waals surface area contributed by atoms with Crippen molar-refractivity contribution in [2.45, 2.75) is 38.3 Å². The first-order chi connectivity index (χ1) is 12.3. The number of piperidine rings is 1. The Kier molecular flexibility index (Phi) is 6.84. The van der Waals surface area contributed by atoms with Crippen molar-refractivity contribution in [1.29, 1.82) is 0 Å². The predicted octanol–water partition coefficient (Wildman–Crippen LogP) is 2.48. The summed E-state index contributed by atoms with van der Waals surface area (Å²) in [4.78, 5) is 17.7. The maximum atomic E-state index is 13.0. The molecule has 2 aliphatic heterocycles. The second-order valence-corrected chi connectivity index (χ2v) is 6.80. The van der Waals surface area contributed by atoms with Crippen molar-refractivity contribution < 1.29 is 14.3 Å². The van der Waals surface area contributed by atoms with E-state index in [0.717, 1.165) is 26.2 Å². The summed E-state index contributed by atoms with van der Waals surface area (Å²) >= 11 is 0. The molecule has 0 bridgehead atoms. The lowest BCUT2D eigenvalue weighted by atomic mass is 9.93. The van der Waals surface area contributed by atoms with Gasteiger partial charge < -0.3 is 9.47 Å². The first-order valence-electron chi connectivity index (χ1n) is 9.58. The number of nitrogens with zero attached hydrogens (tertiary/aromatic N) is 2. The maximum Gasteiger partial charge on any atom is 0.325 e. The summed E-state index contributed by atoms with van der Waals surface area (Å²) in [6.07, 6.45) is 3.67. The van der Waals surface area contributed by atoms with Gasteiger partial charge in [-0.1, -0.05) is 36.8 Å². The van der Waals surface area contributed by atoms with Crippen molar-refractivity contribution in [2.75, 3.05) is 46.0 Å². The minimum absolute atomic E-state index is 0.0404. The molecule has 2 aliphatic rings. The predicted molar refractivity (Wildman–Crippen MR) is 97.4 cm³/mol. The number of benzene rings is 1. The number of hydrogen-bond donors (Lipinski definition) is 0. The van der Waals surface area contributed by atoms with Crippen molar-refractivity contribution in [1.82, 2.24) is 9.80 Å². The summed E-state index contributed by atoms with van der Waals surface area (Å²) in [7, 11) is 0. The zero-order valence-corrected chi connectivity index (χ0v) is 15.2. The normalized spacial score (nSPS) is 22.3. The van der Waals surface area contributed by atoms with Crippen molar-refractivity contribution in [3.63, 3.8) is 0 Å². The van der Waals surface area contributed by atoms with Crippen LogP contribution in [0.2, 0.25) is 0 Å². The Morgan fingerprint density at radius 1 is 1.04 bits per heavy atom.